The Hall–Kier alpha value is -0.380. The molecule has 1 aliphatic rings. The molecule has 1 aromatic heterocycles. The lowest BCUT2D eigenvalue weighted by molar-refractivity contribution is 0.0818. The average Bonchev–Trinajstić information content (AvgIpc) is 2.87. The molecule has 1 aromatic rings. The number of likely N-dealkylation sites (tertiary alicyclic amines) is 1. The molecule has 2 N–H and O–H groups in total. The van der Waals surface area contributed by atoms with Crippen molar-refractivity contribution < 1.29 is 0 Å². The van der Waals surface area contributed by atoms with E-state index in [1.165, 1.54) is 25.1 Å². The maximum absolute atomic E-state index is 6.38. The summed E-state index contributed by atoms with van der Waals surface area (Å²) in [7, 11) is 0. The van der Waals surface area contributed by atoms with Crippen LogP contribution in [0.3, 0.4) is 0 Å². The topological polar surface area (TPSA) is 29.3 Å². The monoisotopic (exact) mass is 266 g/mol. The highest BCUT2D eigenvalue weighted by Crippen LogP contribution is 2.32. The van der Waals surface area contributed by atoms with E-state index in [0.717, 1.165) is 18.3 Å². The molecule has 2 heterocycles. The van der Waals surface area contributed by atoms with E-state index in [0.29, 0.717) is 6.04 Å². The minimum absolute atomic E-state index is 0.250. The van der Waals surface area contributed by atoms with Crippen LogP contribution in [-0.2, 0) is 0 Å². The number of hydrogen-bond acceptors (Lipinski definition) is 3. The van der Waals surface area contributed by atoms with E-state index in [4.69, 9.17) is 5.73 Å². The smallest absolute Gasteiger partial charge is 0.0507 e. The van der Waals surface area contributed by atoms with Crippen molar-refractivity contribution in [2.75, 3.05) is 13.1 Å². The third-order valence-electron chi connectivity index (χ3n) is 4.52. The van der Waals surface area contributed by atoms with Gasteiger partial charge in [0.25, 0.3) is 0 Å². The Bertz CT molecular complexity index is 349. The van der Waals surface area contributed by atoms with Crippen LogP contribution in [0.5, 0.6) is 0 Å². The van der Waals surface area contributed by atoms with E-state index in [1.807, 2.05) is 0 Å². The van der Waals surface area contributed by atoms with Gasteiger partial charge in [-0.05, 0) is 53.6 Å². The summed E-state index contributed by atoms with van der Waals surface area (Å²) in [5.41, 5.74) is 7.80. The predicted octanol–water partition coefficient (Wildman–Crippen LogP) is 3.50. The van der Waals surface area contributed by atoms with Gasteiger partial charge in [0.15, 0.2) is 0 Å². The molecular weight excluding hydrogens is 240 g/mol. The standard InChI is InChI=1S/C15H26N2S/c1-4-14(16)15(13-6-8-18-10-13)17-7-5-11(2)12(3)9-17/h6,8,10-12,14-15H,4-5,7,9,16H2,1-3H3. The molecular formula is C15H26N2S. The zero-order valence-electron chi connectivity index (χ0n) is 11.8. The number of nitrogens with two attached hydrogens (primary N) is 1. The van der Waals surface area contributed by atoms with E-state index >= 15 is 0 Å². The Balaban J connectivity index is 2.14. The summed E-state index contributed by atoms with van der Waals surface area (Å²) in [6.45, 7) is 9.33. The molecule has 1 aliphatic heterocycles. The van der Waals surface area contributed by atoms with E-state index < -0.39 is 0 Å². The molecule has 1 saturated heterocycles. The normalized spacial score (nSPS) is 29.1. The van der Waals surface area contributed by atoms with Gasteiger partial charge in [-0.2, -0.15) is 11.3 Å². The first-order chi connectivity index (χ1) is 8.63. The van der Waals surface area contributed by atoms with E-state index in [1.54, 1.807) is 11.3 Å². The van der Waals surface area contributed by atoms with Gasteiger partial charge < -0.3 is 5.73 Å². The number of thiophene rings is 1. The van der Waals surface area contributed by atoms with E-state index in [-0.39, 0.29) is 6.04 Å². The molecule has 4 unspecified atom stereocenters. The van der Waals surface area contributed by atoms with Gasteiger partial charge in [-0.25, -0.2) is 0 Å². The van der Waals surface area contributed by atoms with Crippen LogP contribution in [0.1, 0.15) is 45.2 Å². The Kier molecular flexibility index (Phi) is 4.82. The van der Waals surface area contributed by atoms with Crippen LogP contribution in [-0.4, -0.2) is 24.0 Å². The van der Waals surface area contributed by atoms with Crippen molar-refractivity contribution in [2.24, 2.45) is 17.6 Å². The van der Waals surface area contributed by atoms with Crippen LogP contribution in [0, 0.1) is 11.8 Å². The van der Waals surface area contributed by atoms with E-state index in [2.05, 4.69) is 42.5 Å². The van der Waals surface area contributed by atoms with Crippen LogP contribution in [0.4, 0.5) is 0 Å². The largest absolute Gasteiger partial charge is 0.326 e. The Morgan fingerprint density at radius 2 is 2.22 bits per heavy atom. The van der Waals surface area contributed by atoms with Gasteiger partial charge in [0.05, 0.1) is 6.04 Å². The third kappa shape index (κ3) is 2.95. The van der Waals surface area contributed by atoms with Gasteiger partial charge in [-0.3, -0.25) is 4.90 Å². The third-order valence-corrected chi connectivity index (χ3v) is 5.22. The van der Waals surface area contributed by atoms with Crippen molar-refractivity contribution in [3.63, 3.8) is 0 Å². The second kappa shape index (κ2) is 6.18. The van der Waals surface area contributed by atoms with Crippen LogP contribution in [0.25, 0.3) is 0 Å². The summed E-state index contributed by atoms with van der Waals surface area (Å²) >= 11 is 1.78. The number of piperidine rings is 1. The van der Waals surface area contributed by atoms with Gasteiger partial charge in [0.1, 0.15) is 0 Å². The molecule has 2 nitrogen and oxygen atoms in total. The molecule has 0 spiro atoms. The zero-order chi connectivity index (χ0) is 13.1. The molecule has 0 saturated carbocycles. The SMILES string of the molecule is CCC(N)C(c1ccsc1)N1CCC(C)C(C)C1. The molecule has 4 atom stereocenters. The lowest BCUT2D eigenvalue weighted by Crippen LogP contribution is -2.46. The summed E-state index contributed by atoms with van der Waals surface area (Å²) < 4.78 is 0. The molecule has 0 aliphatic carbocycles. The first-order valence-electron chi connectivity index (χ1n) is 7.15. The van der Waals surface area contributed by atoms with Crippen molar-refractivity contribution in [3.8, 4) is 0 Å². The molecule has 18 heavy (non-hydrogen) atoms. The van der Waals surface area contributed by atoms with Crippen LogP contribution in [0.2, 0.25) is 0 Å². The summed E-state index contributed by atoms with van der Waals surface area (Å²) in [6, 6.07) is 2.91. The number of rotatable bonds is 4. The fourth-order valence-corrected chi connectivity index (χ4v) is 3.63. The highest BCUT2D eigenvalue weighted by Gasteiger charge is 2.31. The van der Waals surface area contributed by atoms with Crippen molar-refractivity contribution in [3.05, 3.63) is 22.4 Å². The first-order valence-corrected chi connectivity index (χ1v) is 8.09. The lowest BCUT2D eigenvalue weighted by atomic mass is 9.86. The summed E-state index contributed by atoms with van der Waals surface area (Å²) in [4.78, 5) is 2.61. The predicted molar refractivity (Wildman–Crippen MR) is 79.8 cm³/mol. The maximum Gasteiger partial charge on any atom is 0.0507 e. The number of hydrogen-bond donors (Lipinski definition) is 1. The average molecular weight is 266 g/mol. The summed E-state index contributed by atoms with van der Waals surface area (Å²) in [5.74, 6) is 1.63. The van der Waals surface area contributed by atoms with Crippen molar-refractivity contribution in [1.29, 1.82) is 0 Å². The summed E-state index contributed by atoms with van der Waals surface area (Å²) in [5, 5.41) is 4.43. The maximum atomic E-state index is 6.38. The van der Waals surface area contributed by atoms with Crippen molar-refractivity contribution in [1.82, 2.24) is 4.90 Å². The van der Waals surface area contributed by atoms with Crippen molar-refractivity contribution >= 4 is 11.3 Å². The highest BCUT2D eigenvalue weighted by atomic mass is 32.1. The fourth-order valence-electron chi connectivity index (χ4n) is 2.94. The number of nitrogens with zero attached hydrogens (tertiary/aromatic N) is 1. The molecule has 0 radical (unpaired) electrons. The van der Waals surface area contributed by atoms with Crippen molar-refractivity contribution in [2.45, 2.75) is 45.7 Å². The van der Waals surface area contributed by atoms with Crippen LogP contribution >= 0.6 is 11.3 Å². The van der Waals surface area contributed by atoms with Crippen LogP contribution in [0.15, 0.2) is 16.8 Å². The Labute approximate surface area is 115 Å². The molecule has 0 amide bonds. The first kappa shape index (κ1) is 14.0. The fraction of sp³-hybridized carbons (Fsp3) is 0.733. The van der Waals surface area contributed by atoms with Gasteiger partial charge in [0.2, 0.25) is 0 Å². The van der Waals surface area contributed by atoms with Gasteiger partial charge >= 0.3 is 0 Å². The van der Waals surface area contributed by atoms with Crippen LogP contribution < -0.4 is 5.73 Å². The molecule has 102 valence electrons. The lowest BCUT2D eigenvalue weighted by Gasteiger charge is -2.42. The Morgan fingerprint density at radius 3 is 2.78 bits per heavy atom. The highest BCUT2D eigenvalue weighted by molar-refractivity contribution is 7.07. The second-order valence-electron chi connectivity index (χ2n) is 5.81. The zero-order valence-corrected chi connectivity index (χ0v) is 12.6. The molecule has 0 aromatic carbocycles. The minimum atomic E-state index is 0.250. The van der Waals surface area contributed by atoms with Gasteiger partial charge in [-0.15, -0.1) is 0 Å². The Morgan fingerprint density at radius 1 is 1.44 bits per heavy atom. The van der Waals surface area contributed by atoms with Gasteiger partial charge in [0, 0.05) is 12.6 Å². The second-order valence-corrected chi connectivity index (χ2v) is 6.59. The van der Waals surface area contributed by atoms with E-state index in [9.17, 15) is 0 Å². The molecule has 3 heteroatoms. The quantitative estimate of drug-likeness (QED) is 0.903. The summed E-state index contributed by atoms with van der Waals surface area (Å²) in [6.07, 6.45) is 2.35. The van der Waals surface area contributed by atoms with Gasteiger partial charge in [-0.1, -0.05) is 20.8 Å². The molecule has 2 rings (SSSR count). The minimum Gasteiger partial charge on any atom is -0.326 e. The molecule has 0 bridgehead atoms. The molecule has 1 fully saturated rings.